The molecule has 0 spiro atoms. The van der Waals surface area contributed by atoms with E-state index in [4.69, 9.17) is 24.2 Å². The summed E-state index contributed by atoms with van der Waals surface area (Å²) in [6.07, 6.45) is 0.338. The number of nitrogens with one attached hydrogen (secondary N) is 3. The maximum absolute atomic E-state index is 12.4. The number of benzene rings is 2. The molecule has 3 rings (SSSR count). The van der Waals surface area contributed by atoms with Crippen LogP contribution in [-0.4, -0.2) is 56.5 Å². The molecule has 1 heterocycles. The molecule has 212 valence electrons. The fourth-order valence-corrected chi connectivity index (χ4v) is 5.17. The van der Waals surface area contributed by atoms with Crippen molar-refractivity contribution in [3.8, 4) is 23.3 Å². The molecule has 40 heavy (non-hydrogen) atoms. The van der Waals surface area contributed by atoms with Crippen LogP contribution >= 0.6 is 31.9 Å². The molecule has 2 aromatic carbocycles. The van der Waals surface area contributed by atoms with Crippen molar-refractivity contribution in [3.05, 3.63) is 61.7 Å². The van der Waals surface area contributed by atoms with Gasteiger partial charge >= 0.3 is 12.0 Å². The molecule has 4 N–H and O–H groups in total. The van der Waals surface area contributed by atoms with Crippen LogP contribution in [0, 0.1) is 11.3 Å². The number of allylic oxidation sites excluding steroid dienone is 1. The summed E-state index contributed by atoms with van der Waals surface area (Å²) in [7, 11) is 1.27. The Hall–Kier alpha value is -3.80. The first-order valence-corrected chi connectivity index (χ1v) is 13.5. The topological polar surface area (TPSA) is 164 Å². The van der Waals surface area contributed by atoms with Crippen LogP contribution in [0.15, 0.2) is 55.6 Å². The first-order valence-electron chi connectivity index (χ1n) is 11.9. The molecular weight excluding hydrogens is 654 g/mol. The summed E-state index contributed by atoms with van der Waals surface area (Å²) < 4.78 is 23.0. The molecular formula is C26H27Br2N5O7. The predicted octanol–water partition coefficient (Wildman–Crippen LogP) is 3.63. The maximum Gasteiger partial charge on any atom is 0.337 e. The van der Waals surface area contributed by atoms with Crippen molar-refractivity contribution < 1.29 is 33.6 Å². The first-order chi connectivity index (χ1) is 19.2. The van der Waals surface area contributed by atoms with Crippen LogP contribution < -0.4 is 30.3 Å². The summed E-state index contributed by atoms with van der Waals surface area (Å²) in [5.74, 6) is 0.619. The first kappa shape index (κ1) is 30.7. The standard InChI is InChI=1S/C26H27Br2N5O7/c1-4-38-20-11-16(23-22(25(35)37-3)14(2)31-26(36)32-23)5-6-19(20)40-13-21(34)33-30-12-15-9-17(27)24(18(28)10-15)39-8-7-29/h5-6,9-12,21,23,33-34H,4,8,13H2,1-3H3,(H2,31,32,36)/b30-12-/t21-,23+/m0/s1. The third kappa shape index (κ3) is 7.87. The lowest BCUT2D eigenvalue weighted by Gasteiger charge is -2.28. The second-order valence-electron chi connectivity index (χ2n) is 8.18. The van der Waals surface area contributed by atoms with E-state index >= 15 is 0 Å². The minimum absolute atomic E-state index is 0.0913. The second kappa shape index (κ2) is 14.5. The Morgan fingerprint density at radius 1 is 1.23 bits per heavy atom. The number of nitriles is 1. The molecule has 0 aromatic heterocycles. The molecule has 12 nitrogen and oxygen atoms in total. The van der Waals surface area contributed by atoms with Gasteiger partial charge < -0.3 is 34.7 Å². The van der Waals surface area contributed by atoms with Crippen molar-refractivity contribution in [1.82, 2.24) is 16.1 Å². The highest BCUT2D eigenvalue weighted by atomic mass is 79.9. The highest BCUT2D eigenvalue weighted by molar-refractivity contribution is 9.11. The molecule has 0 radical (unpaired) electrons. The average Bonchev–Trinajstić information content (AvgIpc) is 2.91. The number of urea groups is 1. The molecule has 0 bridgehead atoms. The number of esters is 1. The highest BCUT2D eigenvalue weighted by Gasteiger charge is 2.32. The number of amides is 2. The molecule has 0 aliphatic carbocycles. The zero-order valence-electron chi connectivity index (χ0n) is 21.8. The van der Waals surface area contributed by atoms with E-state index in [1.165, 1.54) is 13.3 Å². The van der Waals surface area contributed by atoms with Crippen LogP contribution in [0.25, 0.3) is 0 Å². The van der Waals surface area contributed by atoms with Crippen LogP contribution in [0.4, 0.5) is 4.79 Å². The van der Waals surface area contributed by atoms with Gasteiger partial charge in [-0.25, -0.2) is 9.59 Å². The van der Waals surface area contributed by atoms with Crippen LogP contribution in [0.3, 0.4) is 0 Å². The van der Waals surface area contributed by atoms with Gasteiger partial charge in [0.1, 0.15) is 18.4 Å². The van der Waals surface area contributed by atoms with E-state index in [1.807, 2.05) is 6.07 Å². The molecule has 0 saturated carbocycles. The van der Waals surface area contributed by atoms with Gasteiger partial charge in [0.15, 0.2) is 24.3 Å². The Bertz CT molecular complexity index is 1340. The Kier molecular flexibility index (Phi) is 11.2. The number of halogens is 2. The number of hydrazone groups is 1. The number of carbonyl (C=O) groups excluding carboxylic acids is 2. The maximum atomic E-state index is 12.4. The van der Waals surface area contributed by atoms with Gasteiger partial charge in [0.25, 0.3) is 0 Å². The Labute approximate surface area is 247 Å². The average molecular weight is 681 g/mol. The van der Waals surface area contributed by atoms with E-state index in [9.17, 15) is 14.7 Å². The van der Waals surface area contributed by atoms with Crippen LogP contribution in [0.2, 0.25) is 0 Å². The van der Waals surface area contributed by atoms with Gasteiger partial charge in [0.05, 0.1) is 40.5 Å². The number of nitrogens with zero attached hydrogens (tertiary/aromatic N) is 2. The van der Waals surface area contributed by atoms with Crippen LogP contribution in [0.1, 0.15) is 31.0 Å². The zero-order chi connectivity index (χ0) is 29.2. The number of rotatable bonds is 12. The smallest absolute Gasteiger partial charge is 0.337 e. The SMILES string of the molecule is CCOc1cc([C@H]2NC(=O)NC(C)=C2C(=O)OC)ccc1OC[C@H](O)N/N=C\c1cc(Br)c(OCC#N)c(Br)c1. The summed E-state index contributed by atoms with van der Waals surface area (Å²) in [4.78, 5) is 24.5. The van der Waals surface area contributed by atoms with E-state index in [2.05, 4.69) is 53.0 Å². The number of ether oxygens (including phenoxy) is 4. The van der Waals surface area contributed by atoms with Crippen LogP contribution in [-0.2, 0) is 9.53 Å². The molecule has 2 aromatic rings. The molecule has 1 aliphatic rings. The lowest BCUT2D eigenvalue weighted by Crippen LogP contribution is -2.45. The normalized spacial score (nSPS) is 15.5. The molecule has 2 amide bonds. The van der Waals surface area contributed by atoms with E-state index in [0.29, 0.717) is 49.6 Å². The number of hydrogen-bond acceptors (Lipinski definition) is 10. The minimum atomic E-state index is -1.16. The Balaban J connectivity index is 1.68. The largest absolute Gasteiger partial charge is 0.490 e. The molecule has 0 saturated heterocycles. The van der Waals surface area contributed by atoms with Crippen molar-refractivity contribution in [2.24, 2.45) is 5.10 Å². The van der Waals surface area contributed by atoms with Crippen molar-refractivity contribution in [1.29, 1.82) is 5.26 Å². The lowest BCUT2D eigenvalue weighted by atomic mass is 9.95. The van der Waals surface area contributed by atoms with Crippen LogP contribution in [0.5, 0.6) is 17.2 Å². The highest BCUT2D eigenvalue weighted by Crippen LogP contribution is 2.35. The van der Waals surface area contributed by atoms with Gasteiger partial charge in [-0.05, 0) is 81.1 Å². The van der Waals surface area contributed by atoms with Gasteiger partial charge in [0.2, 0.25) is 0 Å². The van der Waals surface area contributed by atoms with Crippen molar-refractivity contribution >= 4 is 50.1 Å². The summed E-state index contributed by atoms with van der Waals surface area (Å²) in [6, 6.07) is 9.15. The fourth-order valence-electron chi connectivity index (χ4n) is 3.72. The third-order valence-electron chi connectivity index (χ3n) is 5.41. The monoisotopic (exact) mass is 679 g/mol. The number of carbonyl (C=O) groups is 2. The fraction of sp³-hybridized carbons (Fsp3) is 0.308. The van der Waals surface area contributed by atoms with E-state index in [0.717, 1.165) is 0 Å². The van der Waals surface area contributed by atoms with E-state index in [-0.39, 0.29) is 18.8 Å². The zero-order valence-corrected chi connectivity index (χ0v) is 25.0. The summed E-state index contributed by atoms with van der Waals surface area (Å²) >= 11 is 6.79. The van der Waals surface area contributed by atoms with Gasteiger partial charge in [-0.3, -0.25) is 5.43 Å². The summed E-state index contributed by atoms with van der Waals surface area (Å²) in [6.45, 7) is 3.49. The Morgan fingerprint density at radius 2 is 1.95 bits per heavy atom. The van der Waals surface area contributed by atoms with Crippen molar-refractivity contribution in [2.75, 3.05) is 26.9 Å². The summed E-state index contributed by atoms with van der Waals surface area (Å²) in [5.41, 5.74) is 4.50. The third-order valence-corrected chi connectivity index (χ3v) is 6.59. The predicted molar refractivity (Wildman–Crippen MR) is 152 cm³/mol. The molecule has 0 fully saturated rings. The van der Waals surface area contributed by atoms with Gasteiger partial charge in [-0.1, -0.05) is 6.07 Å². The Morgan fingerprint density at radius 3 is 2.60 bits per heavy atom. The number of hydrogen-bond donors (Lipinski definition) is 4. The molecule has 0 unspecified atom stereocenters. The van der Waals surface area contributed by atoms with Gasteiger partial charge in [-0.2, -0.15) is 10.4 Å². The number of aliphatic hydroxyl groups excluding tert-OH is 1. The number of methoxy groups -OCH3 is 1. The van der Waals surface area contributed by atoms with Gasteiger partial charge in [-0.15, -0.1) is 0 Å². The van der Waals surface area contributed by atoms with E-state index < -0.39 is 24.3 Å². The summed E-state index contributed by atoms with van der Waals surface area (Å²) in [5, 5.41) is 28.4. The van der Waals surface area contributed by atoms with Gasteiger partial charge in [0, 0.05) is 5.70 Å². The molecule has 2 atom stereocenters. The number of aliphatic hydroxyl groups is 1. The lowest BCUT2D eigenvalue weighted by molar-refractivity contribution is -0.136. The second-order valence-corrected chi connectivity index (χ2v) is 9.88. The quantitative estimate of drug-likeness (QED) is 0.113. The van der Waals surface area contributed by atoms with E-state index in [1.54, 1.807) is 44.2 Å². The molecule has 1 aliphatic heterocycles. The molecule has 14 heteroatoms. The van der Waals surface area contributed by atoms with Crippen molar-refractivity contribution in [3.63, 3.8) is 0 Å². The van der Waals surface area contributed by atoms with Crippen molar-refractivity contribution in [2.45, 2.75) is 26.1 Å². The minimum Gasteiger partial charge on any atom is -0.490 e.